The number of carbonyl (C=O) groups excluding carboxylic acids is 1. The second-order valence-electron chi connectivity index (χ2n) is 4.21. The summed E-state index contributed by atoms with van der Waals surface area (Å²) in [5.74, 6) is -1.14. The Labute approximate surface area is 90.5 Å². The van der Waals surface area contributed by atoms with Crippen LogP contribution >= 0.6 is 0 Å². The molecule has 0 aliphatic heterocycles. The highest BCUT2D eigenvalue weighted by Gasteiger charge is 2.25. The van der Waals surface area contributed by atoms with E-state index in [1.165, 1.54) is 4.90 Å². The molecule has 1 atom stereocenters. The van der Waals surface area contributed by atoms with Gasteiger partial charge < -0.3 is 15.3 Å². The summed E-state index contributed by atoms with van der Waals surface area (Å²) in [4.78, 5) is 23.9. The number of nitrogens with zero attached hydrogens (tertiary/aromatic N) is 1. The van der Waals surface area contributed by atoms with E-state index in [4.69, 9.17) is 5.11 Å². The number of amides is 2. The molecule has 0 aromatic heterocycles. The summed E-state index contributed by atoms with van der Waals surface area (Å²) in [5.41, 5.74) is 0. The SMILES string of the molecule is CC(C)[C@@H](NC(=O)N(C)C(C)C)C(=O)O. The number of carboxylic acid groups (broad SMARTS) is 1. The van der Waals surface area contributed by atoms with Crippen LogP contribution in [0.2, 0.25) is 0 Å². The summed E-state index contributed by atoms with van der Waals surface area (Å²) < 4.78 is 0. The standard InChI is InChI=1S/C10H20N2O3/c1-6(2)8(9(13)14)11-10(15)12(5)7(3)4/h6-8H,1-5H3,(H,11,15)(H,13,14)/t8-/m1/s1. The Morgan fingerprint density at radius 1 is 1.20 bits per heavy atom. The van der Waals surface area contributed by atoms with Gasteiger partial charge in [-0.05, 0) is 19.8 Å². The van der Waals surface area contributed by atoms with Gasteiger partial charge >= 0.3 is 12.0 Å². The van der Waals surface area contributed by atoms with Gasteiger partial charge in [-0.25, -0.2) is 9.59 Å². The maximum Gasteiger partial charge on any atom is 0.326 e. The molecule has 0 spiro atoms. The van der Waals surface area contributed by atoms with Gasteiger partial charge in [0.05, 0.1) is 0 Å². The summed E-state index contributed by atoms with van der Waals surface area (Å²) in [6.07, 6.45) is 0. The fourth-order valence-electron chi connectivity index (χ4n) is 0.983. The van der Waals surface area contributed by atoms with Crippen molar-refractivity contribution in [3.05, 3.63) is 0 Å². The zero-order valence-electron chi connectivity index (χ0n) is 9.94. The average molecular weight is 216 g/mol. The van der Waals surface area contributed by atoms with E-state index in [1.54, 1.807) is 20.9 Å². The van der Waals surface area contributed by atoms with Crippen molar-refractivity contribution < 1.29 is 14.7 Å². The van der Waals surface area contributed by atoms with E-state index in [0.29, 0.717) is 0 Å². The summed E-state index contributed by atoms with van der Waals surface area (Å²) in [6.45, 7) is 7.25. The number of rotatable bonds is 4. The van der Waals surface area contributed by atoms with Crippen molar-refractivity contribution >= 4 is 12.0 Å². The van der Waals surface area contributed by atoms with Gasteiger partial charge in [0, 0.05) is 13.1 Å². The fourth-order valence-corrected chi connectivity index (χ4v) is 0.983. The van der Waals surface area contributed by atoms with Crippen LogP contribution in [-0.4, -0.2) is 41.1 Å². The maximum atomic E-state index is 11.6. The second kappa shape index (κ2) is 5.58. The second-order valence-corrected chi connectivity index (χ2v) is 4.21. The van der Waals surface area contributed by atoms with Gasteiger partial charge in [-0.1, -0.05) is 13.8 Å². The van der Waals surface area contributed by atoms with Crippen molar-refractivity contribution in [2.75, 3.05) is 7.05 Å². The first-order valence-corrected chi connectivity index (χ1v) is 5.03. The molecule has 5 nitrogen and oxygen atoms in total. The number of carbonyl (C=O) groups is 2. The number of aliphatic carboxylic acids is 1. The van der Waals surface area contributed by atoms with Crippen LogP contribution in [0.15, 0.2) is 0 Å². The smallest absolute Gasteiger partial charge is 0.326 e. The summed E-state index contributed by atoms with van der Waals surface area (Å²) in [5, 5.41) is 11.4. The average Bonchev–Trinajstić information content (AvgIpc) is 2.11. The van der Waals surface area contributed by atoms with Crippen molar-refractivity contribution in [1.29, 1.82) is 0 Å². The van der Waals surface area contributed by atoms with E-state index in [0.717, 1.165) is 0 Å². The Balaban J connectivity index is 4.43. The van der Waals surface area contributed by atoms with E-state index in [-0.39, 0.29) is 18.0 Å². The lowest BCUT2D eigenvalue weighted by Crippen LogP contribution is -2.50. The fraction of sp³-hybridized carbons (Fsp3) is 0.800. The molecule has 0 rings (SSSR count). The molecule has 2 N–H and O–H groups in total. The van der Waals surface area contributed by atoms with E-state index in [9.17, 15) is 9.59 Å². The predicted octanol–water partition coefficient (Wildman–Crippen LogP) is 1.15. The van der Waals surface area contributed by atoms with Crippen LogP contribution in [0.25, 0.3) is 0 Å². The normalized spacial score (nSPS) is 12.7. The Hall–Kier alpha value is -1.26. The van der Waals surface area contributed by atoms with E-state index >= 15 is 0 Å². The lowest BCUT2D eigenvalue weighted by Gasteiger charge is -2.25. The molecule has 0 aliphatic rings. The van der Waals surface area contributed by atoms with Crippen molar-refractivity contribution in [2.45, 2.75) is 39.8 Å². The van der Waals surface area contributed by atoms with Crippen LogP contribution in [-0.2, 0) is 4.79 Å². The zero-order chi connectivity index (χ0) is 12.2. The quantitative estimate of drug-likeness (QED) is 0.740. The third kappa shape index (κ3) is 4.18. The minimum Gasteiger partial charge on any atom is -0.480 e. The molecular formula is C10H20N2O3. The third-order valence-electron chi connectivity index (χ3n) is 2.31. The van der Waals surface area contributed by atoms with E-state index < -0.39 is 12.0 Å². The molecule has 15 heavy (non-hydrogen) atoms. The molecule has 0 aliphatic carbocycles. The van der Waals surface area contributed by atoms with Crippen molar-refractivity contribution in [1.82, 2.24) is 10.2 Å². The van der Waals surface area contributed by atoms with Gasteiger partial charge in [0.2, 0.25) is 0 Å². The molecule has 88 valence electrons. The Bertz CT molecular complexity index is 239. The molecule has 2 amide bonds. The summed E-state index contributed by atoms with van der Waals surface area (Å²) in [7, 11) is 1.64. The minimum absolute atomic E-state index is 0.0478. The van der Waals surface area contributed by atoms with Crippen LogP contribution in [0.3, 0.4) is 0 Å². The van der Waals surface area contributed by atoms with Gasteiger partial charge in [0.1, 0.15) is 6.04 Å². The van der Waals surface area contributed by atoms with Gasteiger partial charge in [-0.3, -0.25) is 0 Å². The highest BCUT2D eigenvalue weighted by atomic mass is 16.4. The van der Waals surface area contributed by atoms with Crippen LogP contribution in [0.5, 0.6) is 0 Å². The molecule has 0 bridgehead atoms. The monoisotopic (exact) mass is 216 g/mol. The van der Waals surface area contributed by atoms with Crippen LogP contribution in [0.1, 0.15) is 27.7 Å². The zero-order valence-corrected chi connectivity index (χ0v) is 9.94. The summed E-state index contributed by atoms with van der Waals surface area (Å²) in [6, 6.07) is -1.14. The van der Waals surface area contributed by atoms with E-state index in [2.05, 4.69) is 5.32 Å². The lowest BCUT2D eigenvalue weighted by atomic mass is 10.1. The first kappa shape index (κ1) is 13.7. The number of carboxylic acids is 1. The first-order chi connectivity index (χ1) is 6.77. The summed E-state index contributed by atoms with van der Waals surface area (Å²) >= 11 is 0. The molecule has 0 saturated heterocycles. The molecule has 0 radical (unpaired) electrons. The molecule has 0 fully saturated rings. The van der Waals surface area contributed by atoms with Gasteiger partial charge in [0.15, 0.2) is 0 Å². The molecule has 0 saturated carbocycles. The van der Waals surface area contributed by atoms with Gasteiger partial charge in [-0.2, -0.15) is 0 Å². The largest absolute Gasteiger partial charge is 0.480 e. The molecule has 0 unspecified atom stereocenters. The van der Waals surface area contributed by atoms with Gasteiger partial charge in [0.25, 0.3) is 0 Å². The number of nitrogens with one attached hydrogen (secondary N) is 1. The third-order valence-corrected chi connectivity index (χ3v) is 2.31. The van der Waals surface area contributed by atoms with Crippen LogP contribution in [0.4, 0.5) is 4.79 Å². The van der Waals surface area contributed by atoms with Crippen molar-refractivity contribution in [2.24, 2.45) is 5.92 Å². The Morgan fingerprint density at radius 3 is 1.93 bits per heavy atom. The predicted molar refractivity (Wildman–Crippen MR) is 57.7 cm³/mol. The number of hydrogen-bond acceptors (Lipinski definition) is 2. The topological polar surface area (TPSA) is 69.6 Å². The van der Waals surface area contributed by atoms with Crippen molar-refractivity contribution in [3.8, 4) is 0 Å². The molecule has 0 heterocycles. The highest BCUT2D eigenvalue weighted by molar-refractivity contribution is 5.82. The highest BCUT2D eigenvalue weighted by Crippen LogP contribution is 2.03. The molecule has 5 heteroatoms. The lowest BCUT2D eigenvalue weighted by molar-refractivity contribution is -0.140. The van der Waals surface area contributed by atoms with Crippen LogP contribution < -0.4 is 5.32 Å². The van der Waals surface area contributed by atoms with Crippen molar-refractivity contribution in [3.63, 3.8) is 0 Å². The number of urea groups is 1. The number of hydrogen-bond donors (Lipinski definition) is 2. The van der Waals surface area contributed by atoms with Gasteiger partial charge in [-0.15, -0.1) is 0 Å². The molecule has 0 aromatic rings. The maximum absolute atomic E-state index is 11.6. The Kier molecular flexibility index (Phi) is 5.11. The van der Waals surface area contributed by atoms with Crippen LogP contribution in [0, 0.1) is 5.92 Å². The molecule has 0 aromatic carbocycles. The Morgan fingerprint density at radius 2 is 1.67 bits per heavy atom. The molecular weight excluding hydrogens is 196 g/mol. The van der Waals surface area contributed by atoms with E-state index in [1.807, 2.05) is 13.8 Å². The minimum atomic E-state index is -1.00. The first-order valence-electron chi connectivity index (χ1n) is 5.03.